The monoisotopic (exact) mass is 267 g/mol. The summed E-state index contributed by atoms with van der Waals surface area (Å²) in [5, 5.41) is 9.56. The number of phenols is 1. The summed E-state index contributed by atoms with van der Waals surface area (Å²) < 4.78 is 0.398. The molecule has 0 atom stereocenters. The number of nitrogens with two attached hydrogens (primary N) is 1. The second-order valence-corrected chi connectivity index (χ2v) is 3.96. The zero-order chi connectivity index (χ0) is 11.2. The van der Waals surface area contributed by atoms with Gasteiger partial charge in [0.05, 0.1) is 16.8 Å². The number of carbonyl (C=O) groups is 2. The second-order valence-electron chi connectivity index (χ2n) is 3.10. The van der Waals surface area contributed by atoms with Gasteiger partial charge in [0.25, 0.3) is 0 Å². The fourth-order valence-electron chi connectivity index (χ4n) is 1.48. The Labute approximate surface area is 93.5 Å². The van der Waals surface area contributed by atoms with Crippen molar-refractivity contribution in [1.29, 1.82) is 0 Å². The average molecular weight is 268 g/mol. The standard InChI is InChI=1S/C10H6BrNO3/c11-4-3-7(15)8-5(13)1-2-6(14)9(8)10(4)12/h1-3,15H,12H2. The van der Waals surface area contributed by atoms with Crippen molar-refractivity contribution in [2.75, 3.05) is 5.73 Å². The van der Waals surface area contributed by atoms with E-state index in [1.54, 1.807) is 0 Å². The van der Waals surface area contributed by atoms with E-state index >= 15 is 0 Å². The van der Waals surface area contributed by atoms with Crippen molar-refractivity contribution in [2.24, 2.45) is 0 Å². The van der Waals surface area contributed by atoms with Crippen molar-refractivity contribution < 1.29 is 14.7 Å². The molecule has 0 heterocycles. The van der Waals surface area contributed by atoms with Crippen LogP contribution < -0.4 is 5.73 Å². The van der Waals surface area contributed by atoms with Gasteiger partial charge in [0.1, 0.15) is 5.75 Å². The molecule has 0 spiro atoms. The van der Waals surface area contributed by atoms with E-state index < -0.39 is 5.78 Å². The first-order chi connectivity index (χ1) is 7.02. The van der Waals surface area contributed by atoms with Crippen molar-refractivity contribution in [3.05, 3.63) is 33.8 Å². The van der Waals surface area contributed by atoms with Crippen LogP contribution in [0.4, 0.5) is 5.69 Å². The lowest BCUT2D eigenvalue weighted by Crippen LogP contribution is -2.14. The normalized spacial score (nSPS) is 14.2. The maximum atomic E-state index is 11.5. The summed E-state index contributed by atoms with van der Waals surface area (Å²) in [5.41, 5.74) is 5.87. The zero-order valence-electron chi connectivity index (χ0n) is 7.45. The molecule has 0 aliphatic heterocycles. The number of hydrogen-bond acceptors (Lipinski definition) is 4. The van der Waals surface area contributed by atoms with Gasteiger partial charge in [-0.05, 0) is 34.1 Å². The summed E-state index contributed by atoms with van der Waals surface area (Å²) in [4.78, 5) is 23.0. The number of carbonyl (C=O) groups excluding carboxylic acids is 2. The Bertz CT molecular complexity index is 520. The van der Waals surface area contributed by atoms with E-state index in [2.05, 4.69) is 15.9 Å². The molecule has 0 saturated carbocycles. The highest BCUT2D eigenvalue weighted by Gasteiger charge is 2.26. The highest BCUT2D eigenvalue weighted by molar-refractivity contribution is 9.10. The number of allylic oxidation sites excluding steroid dienone is 2. The summed E-state index contributed by atoms with van der Waals surface area (Å²) in [5.74, 6) is -1.03. The van der Waals surface area contributed by atoms with E-state index in [0.29, 0.717) is 4.47 Å². The van der Waals surface area contributed by atoms with Gasteiger partial charge < -0.3 is 10.8 Å². The van der Waals surface area contributed by atoms with E-state index in [1.165, 1.54) is 6.07 Å². The van der Waals surface area contributed by atoms with Crippen LogP contribution in [0.1, 0.15) is 20.7 Å². The molecule has 2 rings (SSSR count). The van der Waals surface area contributed by atoms with Crippen LogP contribution in [0.15, 0.2) is 22.7 Å². The van der Waals surface area contributed by atoms with E-state index in [1.807, 2.05) is 0 Å². The van der Waals surface area contributed by atoms with Gasteiger partial charge in [-0.15, -0.1) is 0 Å². The minimum atomic E-state index is -0.415. The molecular weight excluding hydrogens is 262 g/mol. The van der Waals surface area contributed by atoms with Crippen LogP contribution in [0.2, 0.25) is 0 Å². The maximum absolute atomic E-state index is 11.5. The largest absolute Gasteiger partial charge is 0.507 e. The molecule has 0 bridgehead atoms. The Morgan fingerprint density at radius 2 is 1.67 bits per heavy atom. The van der Waals surface area contributed by atoms with Gasteiger partial charge in [0.2, 0.25) is 0 Å². The minimum absolute atomic E-state index is 0.0248. The predicted molar refractivity (Wildman–Crippen MR) is 58.0 cm³/mol. The predicted octanol–water partition coefficient (Wildman–Crippen LogP) is 1.67. The number of benzene rings is 1. The highest BCUT2D eigenvalue weighted by atomic mass is 79.9. The number of phenolic OH excluding ortho intramolecular Hbond substituents is 1. The Morgan fingerprint density at radius 3 is 2.27 bits per heavy atom. The molecule has 0 amide bonds. The molecule has 0 unspecified atom stereocenters. The number of nitrogen functional groups attached to an aromatic ring is 1. The van der Waals surface area contributed by atoms with Crippen LogP contribution in [0, 0.1) is 0 Å². The van der Waals surface area contributed by atoms with Crippen LogP contribution in [-0.2, 0) is 0 Å². The Hall–Kier alpha value is -1.62. The van der Waals surface area contributed by atoms with Gasteiger partial charge in [-0.2, -0.15) is 0 Å². The Kier molecular flexibility index (Phi) is 2.12. The number of hydrogen-bond donors (Lipinski definition) is 2. The fraction of sp³-hybridized carbons (Fsp3) is 0. The lowest BCUT2D eigenvalue weighted by atomic mass is 9.92. The van der Waals surface area contributed by atoms with Gasteiger partial charge in [0.15, 0.2) is 11.6 Å². The molecule has 0 aromatic heterocycles. The molecule has 0 radical (unpaired) electrons. The quantitative estimate of drug-likeness (QED) is 0.554. The molecule has 4 nitrogen and oxygen atoms in total. The first-order valence-electron chi connectivity index (χ1n) is 4.10. The number of rotatable bonds is 0. The summed E-state index contributed by atoms with van der Waals surface area (Å²) in [6, 6.07) is 1.30. The smallest absolute Gasteiger partial charge is 0.190 e. The van der Waals surface area contributed by atoms with Crippen molar-refractivity contribution in [3.8, 4) is 5.75 Å². The van der Waals surface area contributed by atoms with E-state index in [9.17, 15) is 14.7 Å². The van der Waals surface area contributed by atoms with Crippen LogP contribution in [0.5, 0.6) is 5.75 Å². The van der Waals surface area contributed by atoms with Crippen molar-refractivity contribution in [1.82, 2.24) is 0 Å². The van der Waals surface area contributed by atoms with Gasteiger partial charge in [0, 0.05) is 4.47 Å². The second kappa shape index (κ2) is 3.20. The lowest BCUT2D eigenvalue weighted by Gasteiger charge is -2.14. The molecule has 1 aliphatic rings. The Morgan fingerprint density at radius 1 is 1.13 bits per heavy atom. The number of ketones is 2. The molecule has 0 saturated heterocycles. The third-order valence-corrected chi connectivity index (χ3v) is 2.83. The summed E-state index contributed by atoms with van der Waals surface area (Å²) in [6.45, 7) is 0. The molecule has 3 N–H and O–H groups in total. The van der Waals surface area contributed by atoms with E-state index in [0.717, 1.165) is 12.2 Å². The van der Waals surface area contributed by atoms with E-state index in [4.69, 9.17) is 5.73 Å². The van der Waals surface area contributed by atoms with Crippen LogP contribution in [0.25, 0.3) is 0 Å². The third-order valence-electron chi connectivity index (χ3n) is 2.18. The molecule has 15 heavy (non-hydrogen) atoms. The van der Waals surface area contributed by atoms with Crippen LogP contribution in [0.3, 0.4) is 0 Å². The van der Waals surface area contributed by atoms with Crippen molar-refractivity contribution in [2.45, 2.75) is 0 Å². The van der Waals surface area contributed by atoms with Crippen molar-refractivity contribution >= 4 is 33.2 Å². The molecule has 1 aromatic rings. The molecule has 1 aromatic carbocycles. The van der Waals surface area contributed by atoms with Crippen molar-refractivity contribution in [3.63, 3.8) is 0 Å². The number of halogens is 1. The summed E-state index contributed by atoms with van der Waals surface area (Å²) in [7, 11) is 0. The van der Waals surface area contributed by atoms with Crippen LogP contribution in [-0.4, -0.2) is 16.7 Å². The number of fused-ring (bicyclic) bond motifs is 1. The summed E-state index contributed by atoms with van der Waals surface area (Å²) in [6.07, 6.45) is 2.27. The lowest BCUT2D eigenvalue weighted by molar-refractivity contribution is 0.0992. The van der Waals surface area contributed by atoms with Gasteiger partial charge in [-0.3, -0.25) is 9.59 Å². The highest BCUT2D eigenvalue weighted by Crippen LogP contribution is 2.35. The first kappa shape index (κ1) is 9.92. The van der Waals surface area contributed by atoms with Gasteiger partial charge in [-0.25, -0.2) is 0 Å². The number of anilines is 1. The Balaban J connectivity index is 2.87. The maximum Gasteiger partial charge on any atom is 0.190 e. The SMILES string of the molecule is Nc1c(Br)cc(O)c2c1C(=O)C=CC2=O. The fourth-order valence-corrected chi connectivity index (χ4v) is 1.89. The minimum Gasteiger partial charge on any atom is -0.507 e. The average Bonchev–Trinajstić information content (AvgIpc) is 2.18. The number of aromatic hydroxyl groups is 1. The van der Waals surface area contributed by atoms with Gasteiger partial charge in [-0.1, -0.05) is 0 Å². The molecular formula is C10H6BrNO3. The summed E-state index contributed by atoms with van der Waals surface area (Å²) >= 11 is 3.10. The molecule has 0 fully saturated rings. The van der Waals surface area contributed by atoms with E-state index in [-0.39, 0.29) is 28.3 Å². The first-order valence-corrected chi connectivity index (χ1v) is 4.89. The van der Waals surface area contributed by atoms with Gasteiger partial charge >= 0.3 is 0 Å². The third kappa shape index (κ3) is 1.35. The van der Waals surface area contributed by atoms with Crippen LogP contribution >= 0.6 is 15.9 Å². The topological polar surface area (TPSA) is 80.4 Å². The molecule has 76 valence electrons. The molecule has 1 aliphatic carbocycles. The zero-order valence-corrected chi connectivity index (χ0v) is 9.04. The molecule has 5 heteroatoms.